The van der Waals surface area contributed by atoms with Gasteiger partial charge in [0.15, 0.2) is 0 Å². The lowest BCUT2D eigenvalue weighted by atomic mass is 10.0. The molecule has 5 aromatic carbocycles. The number of piperidine rings is 1. The summed E-state index contributed by atoms with van der Waals surface area (Å²) in [6, 6.07) is 46.2. The van der Waals surface area contributed by atoms with Gasteiger partial charge in [-0.25, -0.2) is 13.2 Å². The highest BCUT2D eigenvalue weighted by Gasteiger charge is 2.36. The first-order valence-corrected chi connectivity index (χ1v) is 18.9. The molecule has 1 fully saturated rings. The van der Waals surface area contributed by atoms with Gasteiger partial charge in [0.05, 0.1) is 17.7 Å². The summed E-state index contributed by atoms with van der Waals surface area (Å²) in [5.41, 5.74) is 4.14. The number of rotatable bonds is 14. The summed E-state index contributed by atoms with van der Waals surface area (Å²) in [7, 11) is -2.34. The molecule has 5 aromatic rings. The molecule has 1 aliphatic rings. The van der Waals surface area contributed by atoms with Crippen LogP contribution in [-0.2, 0) is 34.3 Å². The number of amides is 1. The maximum Gasteiger partial charge on any atom is 0.409 e. The van der Waals surface area contributed by atoms with Crippen molar-refractivity contribution in [1.82, 2.24) is 9.80 Å². The Balaban J connectivity index is 0.00000523. The van der Waals surface area contributed by atoms with Crippen molar-refractivity contribution in [2.24, 2.45) is 0 Å². The predicted molar refractivity (Wildman–Crippen MR) is 211 cm³/mol. The number of sulfonamides is 1. The van der Waals surface area contributed by atoms with Gasteiger partial charge in [0.25, 0.3) is 10.0 Å². The summed E-state index contributed by atoms with van der Waals surface area (Å²) < 4.78 is 41.0. The van der Waals surface area contributed by atoms with E-state index >= 15 is 0 Å². The van der Waals surface area contributed by atoms with Crippen molar-refractivity contribution in [3.05, 3.63) is 162 Å². The quantitative estimate of drug-likeness (QED) is 0.115. The molecular formula is C42H47N3O5S2. The molecule has 52 heavy (non-hydrogen) atoms. The lowest BCUT2D eigenvalue weighted by molar-refractivity contribution is 0.0540. The molecule has 6 rings (SSSR count). The topological polar surface area (TPSA) is 79.4 Å². The minimum atomic E-state index is -3.89. The van der Waals surface area contributed by atoms with Crippen molar-refractivity contribution in [3.8, 4) is 5.75 Å². The molecule has 8 nitrogen and oxygen atoms in total. The molecule has 1 atom stereocenters. The molecule has 1 saturated heterocycles. The van der Waals surface area contributed by atoms with Gasteiger partial charge in [-0.1, -0.05) is 109 Å². The van der Waals surface area contributed by atoms with Gasteiger partial charge in [-0.2, -0.15) is 13.5 Å². The van der Waals surface area contributed by atoms with Crippen LogP contribution < -0.4 is 9.04 Å². The van der Waals surface area contributed by atoms with Crippen LogP contribution >= 0.6 is 13.5 Å². The van der Waals surface area contributed by atoms with Crippen molar-refractivity contribution >= 4 is 35.3 Å². The minimum absolute atomic E-state index is 0. The Morgan fingerprint density at radius 1 is 0.712 bits per heavy atom. The fourth-order valence-corrected chi connectivity index (χ4v) is 8.36. The second kappa shape index (κ2) is 18.6. The molecule has 272 valence electrons. The Morgan fingerprint density at radius 2 is 1.19 bits per heavy atom. The third kappa shape index (κ3) is 9.97. The lowest BCUT2D eigenvalue weighted by Crippen LogP contribution is -2.49. The van der Waals surface area contributed by atoms with Crippen molar-refractivity contribution < 1.29 is 22.7 Å². The number of para-hydroxylation sites is 1. The van der Waals surface area contributed by atoms with Crippen molar-refractivity contribution in [2.75, 3.05) is 31.1 Å². The third-order valence-corrected chi connectivity index (χ3v) is 11.3. The number of methoxy groups -OCH3 is 1. The third-order valence-electron chi connectivity index (χ3n) is 9.37. The Bertz CT molecular complexity index is 1870. The van der Waals surface area contributed by atoms with E-state index in [4.69, 9.17) is 9.47 Å². The number of carbonyl (C=O) groups is 1. The van der Waals surface area contributed by atoms with Gasteiger partial charge in [-0.3, -0.25) is 9.21 Å². The first kappa shape index (κ1) is 38.5. The average molecular weight is 738 g/mol. The highest BCUT2D eigenvalue weighted by molar-refractivity contribution is 7.92. The van der Waals surface area contributed by atoms with Gasteiger partial charge in [0, 0.05) is 38.3 Å². The second-order valence-electron chi connectivity index (χ2n) is 12.8. The Hall–Kier alpha value is -4.77. The monoisotopic (exact) mass is 737 g/mol. The number of ether oxygens (including phenoxy) is 2. The summed E-state index contributed by atoms with van der Waals surface area (Å²) in [5.74, 6) is 0.585. The van der Waals surface area contributed by atoms with Crippen molar-refractivity contribution in [1.29, 1.82) is 0 Å². The van der Waals surface area contributed by atoms with Crippen LogP contribution in [0.15, 0.2) is 150 Å². The summed E-state index contributed by atoms with van der Waals surface area (Å²) in [5, 5.41) is 0. The number of nitrogens with zero attached hydrogens (tertiary/aromatic N) is 3. The molecular weight excluding hydrogens is 691 g/mol. The molecule has 0 aromatic heterocycles. The SMILES string of the molecule is COc1ccc(S(=O)(=O)N(c2ccccc2)C2CCN(C(=O)OC[C@H](Cc3ccccc3)N(Cc3ccccc3)Cc3ccccc3)CC2)cc1.S. The highest BCUT2D eigenvalue weighted by atomic mass is 32.2. The molecule has 0 saturated carbocycles. The van der Waals surface area contributed by atoms with E-state index in [0.717, 1.165) is 0 Å². The van der Waals surface area contributed by atoms with E-state index in [9.17, 15) is 13.2 Å². The van der Waals surface area contributed by atoms with Crippen molar-refractivity contribution in [2.45, 2.75) is 49.3 Å². The Kier molecular flexibility index (Phi) is 13.8. The molecule has 1 amide bonds. The highest BCUT2D eigenvalue weighted by Crippen LogP contribution is 2.31. The van der Waals surface area contributed by atoms with Crippen LogP contribution in [0.3, 0.4) is 0 Å². The number of likely N-dealkylation sites (tertiary alicyclic amines) is 1. The van der Waals surface area contributed by atoms with E-state index in [1.807, 2.05) is 84.9 Å². The average Bonchev–Trinajstić information content (AvgIpc) is 3.18. The molecule has 0 spiro atoms. The molecule has 10 heteroatoms. The molecule has 0 bridgehead atoms. The fourth-order valence-electron chi connectivity index (χ4n) is 6.65. The number of anilines is 1. The lowest BCUT2D eigenvalue weighted by Gasteiger charge is -2.39. The standard InChI is InChI=1S/C42H45N3O5S.H2S/c1-49-40-22-24-41(25-23-40)51(47,48)45(37-20-12-5-13-21-37)38-26-28-43(29-27-38)42(46)50-33-39(30-34-14-6-2-7-15-34)44(31-35-16-8-3-9-17-35)32-36-18-10-4-11-19-36;/h2-25,38-39H,26-33H2,1H3;1H2/t39-;/m0./s1. The summed E-state index contributed by atoms with van der Waals surface area (Å²) >= 11 is 0. The van der Waals surface area contributed by atoms with E-state index in [1.54, 1.807) is 36.3 Å². The first-order valence-electron chi connectivity index (χ1n) is 17.4. The fraction of sp³-hybridized carbons (Fsp3) is 0.262. The van der Waals surface area contributed by atoms with Crippen LogP contribution in [0.25, 0.3) is 0 Å². The smallest absolute Gasteiger partial charge is 0.409 e. The maximum atomic E-state index is 14.1. The van der Waals surface area contributed by atoms with Gasteiger partial charge < -0.3 is 14.4 Å². The summed E-state index contributed by atoms with van der Waals surface area (Å²) in [4.78, 5) is 17.9. The zero-order chi connectivity index (χ0) is 35.5. The van der Waals surface area contributed by atoms with Crippen LogP contribution in [0.1, 0.15) is 29.5 Å². The van der Waals surface area contributed by atoms with Gasteiger partial charge in [-0.05, 0) is 72.4 Å². The van der Waals surface area contributed by atoms with Crippen LogP contribution in [-0.4, -0.2) is 63.2 Å². The maximum absolute atomic E-state index is 14.1. The summed E-state index contributed by atoms with van der Waals surface area (Å²) in [6.07, 6.45) is 1.28. The largest absolute Gasteiger partial charge is 0.497 e. The van der Waals surface area contributed by atoms with E-state index in [1.165, 1.54) is 21.0 Å². The van der Waals surface area contributed by atoms with Crippen LogP contribution in [0, 0.1) is 0 Å². The van der Waals surface area contributed by atoms with Crippen LogP contribution in [0.4, 0.5) is 10.5 Å². The molecule has 1 aliphatic heterocycles. The minimum Gasteiger partial charge on any atom is -0.497 e. The second-order valence-corrected chi connectivity index (χ2v) is 14.6. The first-order chi connectivity index (χ1) is 24.9. The normalized spacial score (nSPS) is 13.9. The molecule has 0 N–H and O–H groups in total. The van der Waals surface area contributed by atoms with E-state index < -0.39 is 10.0 Å². The molecule has 0 radical (unpaired) electrons. The number of carbonyl (C=O) groups excluding carboxylic acids is 1. The number of hydrogen-bond acceptors (Lipinski definition) is 6. The van der Waals surface area contributed by atoms with E-state index in [-0.39, 0.29) is 43.2 Å². The van der Waals surface area contributed by atoms with Gasteiger partial charge >= 0.3 is 6.09 Å². The Labute approximate surface area is 315 Å². The number of benzene rings is 5. The van der Waals surface area contributed by atoms with E-state index in [2.05, 4.69) is 41.3 Å². The van der Waals surface area contributed by atoms with Crippen LogP contribution in [0.2, 0.25) is 0 Å². The zero-order valence-electron chi connectivity index (χ0n) is 29.5. The Morgan fingerprint density at radius 3 is 1.69 bits per heavy atom. The van der Waals surface area contributed by atoms with Crippen molar-refractivity contribution in [3.63, 3.8) is 0 Å². The van der Waals surface area contributed by atoms with Gasteiger partial charge in [-0.15, -0.1) is 0 Å². The number of hydrogen-bond donors (Lipinski definition) is 0. The summed E-state index contributed by atoms with van der Waals surface area (Å²) in [6.45, 7) is 2.38. The van der Waals surface area contributed by atoms with Gasteiger partial charge in [0.1, 0.15) is 12.4 Å². The van der Waals surface area contributed by atoms with Crippen LogP contribution in [0.5, 0.6) is 5.75 Å². The zero-order valence-corrected chi connectivity index (χ0v) is 31.3. The molecule has 0 aliphatic carbocycles. The van der Waals surface area contributed by atoms with E-state index in [0.29, 0.717) is 56.9 Å². The predicted octanol–water partition coefficient (Wildman–Crippen LogP) is 7.92. The molecule has 1 heterocycles. The molecule has 0 unspecified atom stereocenters. The van der Waals surface area contributed by atoms with Gasteiger partial charge in [0.2, 0.25) is 0 Å².